The first-order valence-electron chi connectivity index (χ1n) is 13.8. The van der Waals surface area contributed by atoms with Gasteiger partial charge in [0.05, 0.1) is 35.6 Å². The second-order valence-electron chi connectivity index (χ2n) is 10.8. The number of cyclic esters (lactones) is 2. The lowest BCUT2D eigenvalue weighted by Gasteiger charge is -2.09. The van der Waals surface area contributed by atoms with Crippen molar-refractivity contribution in [2.45, 2.75) is 53.4 Å². The topological polar surface area (TPSA) is 101 Å². The van der Waals surface area contributed by atoms with Crippen LogP contribution in [0.5, 0.6) is 0 Å². The van der Waals surface area contributed by atoms with E-state index in [9.17, 15) is 9.59 Å². The fraction of sp³-hybridized carbons (Fsp3) is 0.235. The van der Waals surface area contributed by atoms with Gasteiger partial charge >= 0.3 is 11.9 Å². The van der Waals surface area contributed by atoms with E-state index in [1.54, 1.807) is 0 Å². The van der Waals surface area contributed by atoms with Gasteiger partial charge in [-0.15, -0.1) is 0 Å². The van der Waals surface area contributed by atoms with Gasteiger partial charge in [-0.05, 0) is 98.2 Å². The Balaban J connectivity index is 1.77. The zero-order valence-corrected chi connectivity index (χ0v) is 23.8. The molecule has 0 radical (unpaired) electrons. The smallest absolute Gasteiger partial charge is 0.313 e. The molecule has 8 bridgehead atoms. The summed E-state index contributed by atoms with van der Waals surface area (Å²) in [7, 11) is 0. The predicted octanol–water partition coefficient (Wildman–Crippen LogP) is 7.72. The molecule has 0 aliphatic carbocycles. The van der Waals surface area contributed by atoms with Crippen LogP contribution in [0.15, 0.2) is 37.4 Å². The number of nitrogens with one attached hydrogen (secondary N) is 2. The van der Waals surface area contributed by atoms with Gasteiger partial charge in [-0.25, -0.2) is 9.97 Å². The standard InChI is InChI=1S/C34H32N4O3/c1-7-21-17(3)25-13-26-19(5)23-9-11-33(39)41-34(40)12-10-24-20(6)28(38-32(24)16-31(23)37-26)15-30-22(8-2)18(4)27(36-30)14-29(21)35-25/h7-8,13-16,35-36H,1-2,9-12H2,3-6H3. The Morgan fingerprint density at radius 1 is 0.634 bits per heavy atom. The van der Waals surface area contributed by atoms with E-state index in [2.05, 4.69) is 43.0 Å². The second kappa shape index (κ2) is 10.0. The average Bonchev–Trinajstić information content (AvgIpc) is 3.59. The Morgan fingerprint density at radius 2 is 1.07 bits per heavy atom. The third-order valence-electron chi connectivity index (χ3n) is 8.43. The first-order valence-corrected chi connectivity index (χ1v) is 13.8. The number of H-pyrrole nitrogens is 2. The zero-order chi connectivity index (χ0) is 29.0. The molecular formula is C34H32N4O3. The van der Waals surface area contributed by atoms with E-state index in [-0.39, 0.29) is 12.8 Å². The minimum absolute atomic E-state index is 0.0936. The lowest BCUT2D eigenvalue weighted by Crippen LogP contribution is -2.12. The highest BCUT2D eigenvalue weighted by Gasteiger charge is 2.24. The van der Waals surface area contributed by atoms with Gasteiger partial charge in [0.1, 0.15) is 0 Å². The summed E-state index contributed by atoms with van der Waals surface area (Å²) >= 11 is 0. The molecule has 3 aromatic rings. The largest absolute Gasteiger partial charge is 0.393 e. The van der Waals surface area contributed by atoms with Crippen LogP contribution >= 0.6 is 0 Å². The highest BCUT2D eigenvalue weighted by molar-refractivity contribution is 5.98. The van der Waals surface area contributed by atoms with Gasteiger partial charge in [0, 0.05) is 33.2 Å². The van der Waals surface area contributed by atoms with E-state index in [1.807, 2.05) is 44.2 Å². The van der Waals surface area contributed by atoms with Crippen LogP contribution in [0.4, 0.5) is 0 Å². The number of aromatic nitrogens is 4. The van der Waals surface area contributed by atoms with E-state index in [0.29, 0.717) is 12.8 Å². The summed E-state index contributed by atoms with van der Waals surface area (Å²) in [5.74, 6) is -1.04. The van der Waals surface area contributed by atoms with E-state index >= 15 is 0 Å². The molecule has 3 aliphatic rings. The van der Waals surface area contributed by atoms with Crippen molar-refractivity contribution in [1.29, 1.82) is 0 Å². The molecule has 7 nitrogen and oxygen atoms in total. The van der Waals surface area contributed by atoms with Gasteiger partial charge in [-0.2, -0.15) is 0 Å². The van der Waals surface area contributed by atoms with Gasteiger partial charge in [-0.3, -0.25) is 9.59 Å². The summed E-state index contributed by atoms with van der Waals surface area (Å²) in [6.07, 6.45) is 4.73. The molecule has 2 N–H and O–H groups in total. The van der Waals surface area contributed by atoms with Crippen molar-refractivity contribution in [1.82, 2.24) is 19.9 Å². The number of carbonyl (C=O) groups excluding carboxylic acids is 2. The lowest BCUT2D eigenvalue weighted by atomic mass is 9.98. The number of hydrogen-bond donors (Lipinski definition) is 2. The van der Waals surface area contributed by atoms with Gasteiger partial charge < -0.3 is 14.7 Å². The van der Waals surface area contributed by atoms with E-state index in [0.717, 1.165) is 89.4 Å². The Hall–Kier alpha value is -4.78. The summed E-state index contributed by atoms with van der Waals surface area (Å²) in [6, 6.07) is 8.19. The Morgan fingerprint density at radius 3 is 1.56 bits per heavy atom. The highest BCUT2D eigenvalue weighted by atomic mass is 16.6. The number of carbonyl (C=O) groups is 2. The van der Waals surface area contributed by atoms with Crippen molar-refractivity contribution < 1.29 is 14.3 Å². The van der Waals surface area contributed by atoms with E-state index < -0.39 is 11.9 Å². The summed E-state index contributed by atoms with van der Waals surface area (Å²) in [5, 5.41) is 0. The molecule has 0 aromatic carbocycles. The maximum atomic E-state index is 12.5. The third kappa shape index (κ3) is 4.47. The van der Waals surface area contributed by atoms with Gasteiger partial charge in [0.2, 0.25) is 0 Å². The van der Waals surface area contributed by atoms with Crippen molar-refractivity contribution in [3.63, 3.8) is 0 Å². The van der Waals surface area contributed by atoms with Crippen LogP contribution in [0.1, 0.15) is 84.6 Å². The number of rotatable bonds is 2. The number of aromatic amines is 2. The van der Waals surface area contributed by atoms with Crippen LogP contribution in [0.2, 0.25) is 0 Å². The number of nitrogens with zero attached hydrogens (tertiary/aromatic N) is 2. The first kappa shape index (κ1) is 26.4. The molecule has 0 saturated heterocycles. The average molecular weight is 545 g/mol. The molecule has 6 rings (SSSR count). The van der Waals surface area contributed by atoms with Crippen LogP contribution in [0.25, 0.3) is 56.5 Å². The second-order valence-corrected chi connectivity index (χ2v) is 10.8. The maximum absolute atomic E-state index is 12.5. The zero-order valence-electron chi connectivity index (χ0n) is 23.8. The molecule has 3 aromatic heterocycles. The first-order chi connectivity index (χ1) is 19.7. The summed E-state index contributed by atoms with van der Waals surface area (Å²) in [6.45, 7) is 16.3. The number of fused-ring (bicyclic) bond motifs is 6. The summed E-state index contributed by atoms with van der Waals surface area (Å²) < 4.78 is 5.14. The van der Waals surface area contributed by atoms with Crippen LogP contribution in [0, 0.1) is 13.8 Å². The molecule has 0 spiro atoms. The Bertz CT molecular complexity index is 1930. The van der Waals surface area contributed by atoms with Crippen LogP contribution < -0.4 is 0 Å². The molecule has 0 unspecified atom stereocenters. The van der Waals surface area contributed by atoms with E-state index in [4.69, 9.17) is 14.7 Å². The quantitative estimate of drug-likeness (QED) is 0.254. The van der Waals surface area contributed by atoms with Crippen LogP contribution in [-0.2, 0) is 14.3 Å². The number of esters is 2. The molecule has 0 fully saturated rings. The minimum Gasteiger partial charge on any atom is -0.393 e. The van der Waals surface area contributed by atoms with Crippen molar-refractivity contribution in [3.8, 4) is 0 Å². The molecule has 41 heavy (non-hydrogen) atoms. The van der Waals surface area contributed by atoms with Crippen molar-refractivity contribution >= 4 is 68.4 Å². The highest BCUT2D eigenvalue weighted by Crippen LogP contribution is 2.38. The third-order valence-corrected chi connectivity index (χ3v) is 8.43. The molecule has 0 amide bonds. The number of allylic oxidation sites excluding steroid dienone is 4. The van der Waals surface area contributed by atoms with Crippen molar-refractivity contribution in [2.24, 2.45) is 0 Å². The molecule has 206 valence electrons. The summed E-state index contributed by atoms with van der Waals surface area (Å²) in [5.41, 5.74) is 14.9. The molecular weight excluding hydrogens is 512 g/mol. The molecule has 6 heterocycles. The summed E-state index contributed by atoms with van der Waals surface area (Å²) in [4.78, 5) is 42.3. The normalized spacial score (nSPS) is 15.7. The van der Waals surface area contributed by atoms with Crippen molar-refractivity contribution in [2.75, 3.05) is 0 Å². The van der Waals surface area contributed by atoms with Gasteiger partial charge in [0.25, 0.3) is 0 Å². The lowest BCUT2D eigenvalue weighted by molar-refractivity contribution is -0.159. The fourth-order valence-electron chi connectivity index (χ4n) is 5.99. The van der Waals surface area contributed by atoms with Gasteiger partial charge in [-0.1, -0.05) is 25.3 Å². The predicted molar refractivity (Wildman–Crippen MR) is 165 cm³/mol. The monoisotopic (exact) mass is 544 g/mol. The van der Waals surface area contributed by atoms with Crippen LogP contribution in [-0.4, -0.2) is 31.9 Å². The maximum Gasteiger partial charge on any atom is 0.313 e. The number of aryl methyl sites for hydroxylation is 2. The molecule has 0 saturated carbocycles. The molecule has 7 heteroatoms. The molecule has 0 atom stereocenters. The SMILES string of the molecule is C=Cc1c(C)c2cc3[nH]c(cc4nc5cc6nc(cc1[nH]2)C(C)=C6CCC(=O)OC(=O)CCC5=C4C)c(C)c3C=C. The fourth-order valence-corrected chi connectivity index (χ4v) is 5.99. The minimum atomic E-state index is -0.522. The number of hydrogen-bond acceptors (Lipinski definition) is 5. The van der Waals surface area contributed by atoms with Gasteiger partial charge in [0.15, 0.2) is 0 Å². The molecule has 3 aliphatic heterocycles. The van der Waals surface area contributed by atoms with E-state index in [1.165, 1.54) is 0 Å². The Kier molecular flexibility index (Phi) is 6.45. The van der Waals surface area contributed by atoms with Crippen LogP contribution in [0.3, 0.4) is 0 Å². The number of ether oxygens (including phenoxy) is 1. The Labute approximate surface area is 238 Å². The van der Waals surface area contributed by atoms with Crippen molar-refractivity contribution in [3.05, 3.63) is 82.5 Å².